The summed E-state index contributed by atoms with van der Waals surface area (Å²) in [7, 11) is 1.69. The molecular weight excluding hydrogens is 598 g/mol. The molecule has 19 heteroatoms. The number of nitrogens with two attached hydrogens (primary N) is 3. The molecule has 1 unspecified atom stereocenters. The lowest BCUT2D eigenvalue weighted by atomic mass is 10.0. The zero-order valence-corrected chi connectivity index (χ0v) is 24.3. The molecule has 0 aromatic carbocycles. The number of carboxylic acid groups (broad SMARTS) is 2. The summed E-state index contributed by atoms with van der Waals surface area (Å²) in [6.07, 6.45) is 0. The lowest BCUT2D eigenvalue weighted by molar-refractivity contribution is -0.698. The molecular formula is C22H26N9O7S3+. The van der Waals surface area contributed by atoms with Crippen LogP contribution >= 0.6 is 34.9 Å². The second-order valence-electron chi connectivity index (χ2n) is 9.27. The highest BCUT2D eigenvalue weighted by molar-refractivity contribution is 8.01. The van der Waals surface area contributed by atoms with E-state index in [2.05, 4.69) is 20.4 Å². The van der Waals surface area contributed by atoms with Crippen LogP contribution in [0.25, 0.3) is 0 Å². The van der Waals surface area contributed by atoms with Crippen LogP contribution in [0.4, 0.5) is 16.8 Å². The van der Waals surface area contributed by atoms with Gasteiger partial charge in [0, 0.05) is 16.9 Å². The molecule has 41 heavy (non-hydrogen) atoms. The maximum absolute atomic E-state index is 13.2. The van der Waals surface area contributed by atoms with Gasteiger partial charge < -0.3 is 37.6 Å². The number of carbonyl (C=O) groups excluding carboxylic acids is 2. The molecule has 16 nitrogen and oxygen atoms in total. The number of aliphatic carboxylic acids is 2. The summed E-state index contributed by atoms with van der Waals surface area (Å²) in [6.45, 7) is 2.48. The maximum Gasteiger partial charge on any atom is 0.352 e. The Labute approximate surface area is 245 Å². The van der Waals surface area contributed by atoms with Gasteiger partial charge in [0.25, 0.3) is 11.8 Å². The van der Waals surface area contributed by atoms with Crippen molar-refractivity contribution in [1.82, 2.24) is 20.2 Å². The van der Waals surface area contributed by atoms with Crippen molar-refractivity contribution in [2.75, 3.05) is 28.7 Å². The van der Waals surface area contributed by atoms with Crippen LogP contribution in [0.1, 0.15) is 19.5 Å². The third-order valence-electron chi connectivity index (χ3n) is 5.97. The molecule has 2 aliphatic heterocycles. The number of carbonyl (C=O) groups is 4. The van der Waals surface area contributed by atoms with E-state index in [1.165, 1.54) is 48.8 Å². The lowest BCUT2D eigenvalue weighted by Gasteiger charge is -2.49. The van der Waals surface area contributed by atoms with Crippen molar-refractivity contribution in [1.29, 1.82) is 0 Å². The molecule has 2 atom stereocenters. The number of amides is 2. The monoisotopic (exact) mass is 624 g/mol. The van der Waals surface area contributed by atoms with Crippen LogP contribution in [-0.2, 0) is 31.1 Å². The smallest absolute Gasteiger partial charge is 0.352 e. The Hall–Kier alpha value is -4.10. The van der Waals surface area contributed by atoms with Gasteiger partial charge in [0.1, 0.15) is 22.8 Å². The minimum absolute atomic E-state index is 0.0144. The van der Waals surface area contributed by atoms with Gasteiger partial charge in [-0.25, -0.2) is 19.1 Å². The number of fused-ring (bicyclic) bond motifs is 1. The minimum atomic E-state index is -1.77. The number of thiazole rings is 1. The van der Waals surface area contributed by atoms with E-state index in [1.807, 2.05) is 0 Å². The van der Waals surface area contributed by atoms with E-state index in [-0.39, 0.29) is 33.8 Å². The largest absolute Gasteiger partial charge is 0.478 e. The van der Waals surface area contributed by atoms with Crippen LogP contribution in [0.15, 0.2) is 33.0 Å². The van der Waals surface area contributed by atoms with E-state index in [9.17, 15) is 29.4 Å². The second-order valence-corrected chi connectivity index (χ2v) is 12.2. The van der Waals surface area contributed by atoms with E-state index in [0.717, 1.165) is 16.2 Å². The molecule has 0 spiro atoms. The van der Waals surface area contributed by atoms with Crippen LogP contribution in [-0.4, -0.2) is 83.1 Å². The van der Waals surface area contributed by atoms with Gasteiger partial charge in [-0.05, 0) is 31.2 Å². The van der Waals surface area contributed by atoms with E-state index in [1.54, 1.807) is 11.6 Å². The Morgan fingerprint density at radius 3 is 2.61 bits per heavy atom. The average Bonchev–Trinajstić information content (AvgIpc) is 3.33. The first-order valence-corrected chi connectivity index (χ1v) is 14.6. The van der Waals surface area contributed by atoms with Gasteiger partial charge in [-0.3, -0.25) is 14.5 Å². The van der Waals surface area contributed by atoms with Crippen molar-refractivity contribution in [2.24, 2.45) is 12.2 Å². The van der Waals surface area contributed by atoms with Crippen molar-refractivity contribution >= 4 is 81.1 Å². The summed E-state index contributed by atoms with van der Waals surface area (Å²) < 4.78 is 1.61. The number of anilines is 3. The number of hydrogen-bond donors (Lipinski definition) is 6. The molecule has 2 aliphatic rings. The Morgan fingerprint density at radius 2 is 2.00 bits per heavy atom. The number of nitrogens with zero attached hydrogens (tertiary/aromatic N) is 5. The van der Waals surface area contributed by atoms with Crippen molar-refractivity contribution in [3.05, 3.63) is 28.4 Å². The fourth-order valence-electron chi connectivity index (χ4n) is 3.66. The second kappa shape index (κ2) is 11.4. The number of rotatable bonds is 10. The van der Waals surface area contributed by atoms with E-state index in [4.69, 9.17) is 22.0 Å². The van der Waals surface area contributed by atoms with E-state index in [0.29, 0.717) is 16.5 Å². The predicted molar refractivity (Wildman–Crippen MR) is 151 cm³/mol. The molecule has 2 aromatic rings. The van der Waals surface area contributed by atoms with Crippen LogP contribution in [0.3, 0.4) is 0 Å². The van der Waals surface area contributed by atoms with Crippen molar-refractivity contribution in [2.45, 2.75) is 36.0 Å². The van der Waals surface area contributed by atoms with Crippen molar-refractivity contribution < 1.29 is 38.8 Å². The number of nitrogens with one attached hydrogen (secondary N) is 1. The summed E-state index contributed by atoms with van der Waals surface area (Å²) in [6, 6.07) is 0.414. The fraction of sp³-hybridized carbons (Fsp3) is 0.364. The number of nitrogen functional groups attached to an aromatic ring is 3. The SMILES string of the molecule is C[n+]1c(N)cc(N)nc1SCC1=C(C(=O)O)N2C(=O)C(NC(=O)/C(=N\OC(C)(C)C(=O)O)c3csc(N)n3)[C@H]2SC1. The van der Waals surface area contributed by atoms with Crippen LogP contribution in [0.5, 0.6) is 0 Å². The molecule has 0 saturated carbocycles. The molecule has 218 valence electrons. The van der Waals surface area contributed by atoms with Crippen LogP contribution in [0, 0.1) is 0 Å². The summed E-state index contributed by atoms with van der Waals surface area (Å²) in [5.41, 5.74) is 15.5. The first-order chi connectivity index (χ1) is 19.2. The molecule has 0 aliphatic carbocycles. The predicted octanol–water partition coefficient (Wildman–Crippen LogP) is -0.776. The van der Waals surface area contributed by atoms with E-state index >= 15 is 0 Å². The molecule has 2 amide bonds. The summed E-state index contributed by atoms with van der Waals surface area (Å²) >= 11 is 3.51. The normalized spacial score (nSPS) is 19.0. The maximum atomic E-state index is 13.2. The zero-order chi connectivity index (χ0) is 30.2. The Bertz CT molecular complexity index is 1510. The Kier molecular flexibility index (Phi) is 8.31. The Morgan fingerprint density at radius 1 is 1.29 bits per heavy atom. The third kappa shape index (κ3) is 6.00. The Balaban J connectivity index is 1.53. The van der Waals surface area contributed by atoms with Gasteiger partial charge in [-0.15, -0.1) is 23.1 Å². The quantitative estimate of drug-likeness (QED) is 0.0474. The minimum Gasteiger partial charge on any atom is -0.478 e. The highest BCUT2D eigenvalue weighted by atomic mass is 32.2. The molecule has 9 N–H and O–H groups in total. The van der Waals surface area contributed by atoms with Gasteiger partial charge in [0.15, 0.2) is 10.8 Å². The zero-order valence-electron chi connectivity index (χ0n) is 21.9. The fourth-order valence-corrected chi connectivity index (χ4v) is 6.70. The summed E-state index contributed by atoms with van der Waals surface area (Å²) in [4.78, 5) is 64.4. The molecule has 1 saturated heterocycles. The first kappa shape index (κ1) is 29.9. The molecule has 0 radical (unpaired) electrons. The van der Waals surface area contributed by atoms with Gasteiger partial charge >= 0.3 is 17.1 Å². The summed E-state index contributed by atoms with van der Waals surface area (Å²) in [5.74, 6) is -3.09. The average molecular weight is 625 g/mol. The molecule has 0 bridgehead atoms. The van der Waals surface area contributed by atoms with Crippen LogP contribution in [0.2, 0.25) is 0 Å². The molecule has 4 heterocycles. The highest BCUT2D eigenvalue weighted by Gasteiger charge is 2.54. The number of aromatic nitrogens is 3. The number of β-lactam (4-membered cyclic amide) rings is 1. The first-order valence-electron chi connectivity index (χ1n) is 11.7. The topological polar surface area (TPSA) is 253 Å². The number of oxime groups is 1. The summed E-state index contributed by atoms with van der Waals surface area (Å²) in [5, 5.41) is 26.8. The molecule has 1 fully saturated rings. The van der Waals surface area contributed by atoms with Gasteiger partial charge in [-0.1, -0.05) is 10.1 Å². The molecule has 2 aromatic heterocycles. The van der Waals surface area contributed by atoms with Crippen LogP contribution < -0.4 is 27.1 Å². The lowest BCUT2D eigenvalue weighted by Crippen LogP contribution is -2.71. The van der Waals surface area contributed by atoms with Crippen molar-refractivity contribution in [3.8, 4) is 0 Å². The number of hydrogen-bond acceptors (Lipinski definition) is 14. The van der Waals surface area contributed by atoms with Gasteiger partial charge in [0.2, 0.25) is 17.2 Å². The number of carboxylic acids is 2. The standard InChI is InChI=1S/C22H25N9O7S3/c1-22(2,19(36)37)38-29-12(9-7-40-20(25)26-9)15(32)28-13-16(33)31-14(18(34)35)8(5-39-17(13)31)6-41-21-27-10(23)4-11(24)30(21)3/h4,7,13,17H,5-6H2,1-3H3,(H8,23,24,25,26,28,32,34,35,36,37)/p+1/b29-12-/t13?,17-/m1/s1. The third-order valence-corrected chi connectivity index (χ3v) is 9.10. The van der Waals surface area contributed by atoms with Gasteiger partial charge in [0.05, 0.1) is 13.1 Å². The number of thioether (sulfide) groups is 2. The molecule has 4 rings (SSSR count). The highest BCUT2D eigenvalue weighted by Crippen LogP contribution is 2.41. The van der Waals surface area contributed by atoms with Gasteiger partial charge in [-0.2, -0.15) is 0 Å². The van der Waals surface area contributed by atoms with E-state index < -0.39 is 46.5 Å². The van der Waals surface area contributed by atoms with Crippen molar-refractivity contribution in [3.63, 3.8) is 0 Å².